The molecule has 0 amide bonds. The number of Topliss-reactive ketones (excluding diaryl/α,β-unsaturated/α-hetero) is 1. The molecular weight excluding hydrogens is 502 g/mol. The third kappa shape index (κ3) is 4.14. The molecule has 0 atom stereocenters. The molecule has 36 heavy (non-hydrogen) atoms. The van der Waals surface area contributed by atoms with Gasteiger partial charge in [-0.25, -0.2) is 22.8 Å². The summed E-state index contributed by atoms with van der Waals surface area (Å²) in [6.07, 6.45) is 2.49. The minimum atomic E-state index is -3.72. The highest BCUT2D eigenvalue weighted by atomic mass is 32.2. The van der Waals surface area contributed by atoms with E-state index in [-0.39, 0.29) is 29.1 Å². The van der Waals surface area contributed by atoms with Crippen molar-refractivity contribution in [2.45, 2.75) is 13.5 Å². The van der Waals surface area contributed by atoms with E-state index in [0.29, 0.717) is 22.0 Å². The Morgan fingerprint density at radius 2 is 1.92 bits per heavy atom. The first-order valence-corrected chi connectivity index (χ1v) is 13.8. The van der Waals surface area contributed by atoms with Crippen LogP contribution in [0.15, 0.2) is 56.9 Å². The van der Waals surface area contributed by atoms with E-state index in [9.17, 15) is 22.8 Å². The van der Waals surface area contributed by atoms with Crippen molar-refractivity contribution in [2.24, 2.45) is 0 Å². The number of nitrogens with one attached hydrogen (secondary N) is 1. The number of sulfone groups is 1. The Morgan fingerprint density at radius 3 is 2.64 bits per heavy atom. The van der Waals surface area contributed by atoms with Gasteiger partial charge in [-0.15, -0.1) is 11.3 Å². The summed E-state index contributed by atoms with van der Waals surface area (Å²) in [6.45, 7) is 1.97. The van der Waals surface area contributed by atoms with E-state index >= 15 is 0 Å². The number of aromatic nitrogens is 4. The maximum atomic E-state index is 13.6. The largest absolute Gasteiger partial charge is 0.384 e. The lowest BCUT2D eigenvalue weighted by atomic mass is 10.1. The van der Waals surface area contributed by atoms with Crippen LogP contribution in [0.2, 0.25) is 0 Å². The van der Waals surface area contributed by atoms with E-state index in [0.717, 1.165) is 16.4 Å². The second-order valence-corrected chi connectivity index (χ2v) is 11.5. The normalized spacial score (nSPS) is 11.9. The number of nitrogen functional groups attached to an aromatic ring is 1. The Morgan fingerprint density at radius 1 is 1.14 bits per heavy atom. The lowest BCUT2D eigenvalue weighted by Gasteiger charge is -2.12. The zero-order chi connectivity index (χ0) is 25.8. The van der Waals surface area contributed by atoms with Crippen LogP contribution in [0.25, 0.3) is 27.5 Å². The van der Waals surface area contributed by atoms with E-state index in [1.54, 1.807) is 39.6 Å². The number of nitrogens with zero attached hydrogens (tertiary/aromatic N) is 3. The molecule has 0 saturated heterocycles. The minimum absolute atomic E-state index is 0.0451. The van der Waals surface area contributed by atoms with Gasteiger partial charge in [-0.2, -0.15) is 0 Å². The number of carbonyl (C=O) groups is 1. The molecule has 3 N–H and O–H groups in total. The van der Waals surface area contributed by atoms with Crippen LogP contribution in [-0.4, -0.2) is 45.3 Å². The van der Waals surface area contributed by atoms with Crippen LogP contribution in [0.1, 0.15) is 21.6 Å². The molecule has 0 spiro atoms. The van der Waals surface area contributed by atoms with E-state index < -0.39 is 32.6 Å². The van der Waals surface area contributed by atoms with Crippen molar-refractivity contribution in [1.82, 2.24) is 19.1 Å². The molecule has 0 unspecified atom stereocenters. The smallest absolute Gasteiger partial charge is 0.333 e. The summed E-state index contributed by atoms with van der Waals surface area (Å²) < 4.78 is 26.8. The standard InChI is InChI=1S/C24H21N5O5S2/c1-13-3-4-18-15(7-13)21(29-23(31)16-10-35-11-17(16)27-24(29)32)22(19(30)12-36(2,33)34)28(18)9-14-5-6-26-20(25)8-14/h3-8,10-11H,9,12H2,1-2H3,(H2,25,26)(H,27,32). The number of hydrogen-bond acceptors (Lipinski definition) is 8. The van der Waals surface area contributed by atoms with E-state index in [1.807, 2.05) is 13.0 Å². The summed E-state index contributed by atoms with van der Waals surface area (Å²) in [4.78, 5) is 46.9. The lowest BCUT2D eigenvalue weighted by Crippen LogP contribution is -2.34. The highest BCUT2D eigenvalue weighted by Crippen LogP contribution is 2.31. The van der Waals surface area contributed by atoms with Gasteiger partial charge in [-0.3, -0.25) is 9.59 Å². The first-order chi connectivity index (χ1) is 17.0. The highest BCUT2D eigenvalue weighted by Gasteiger charge is 2.28. The monoisotopic (exact) mass is 523 g/mol. The maximum Gasteiger partial charge on any atom is 0.333 e. The molecule has 0 fully saturated rings. The number of rotatable bonds is 6. The molecule has 0 bridgehead atoms. The third-order valence-electron chi connectivity index (χ3n) is 5.80. The van der Waals surface area contributed by atoms with Crippen molar-refractivity contribution in [3.05, 3.63) is 84.9 Å². The topological polar surface area (TPSA) is 150 Å². The Balaban J connectivity index is 1.92. The summed E-state index contributed by atoms with van der Waals surface area (Å²) in [5.41, 5.74) is 6.99. The fourth-order valence-corrected chi connectivity index (χ4v) is 5.72. The van der Waals surface area contributed by atoms with Crippen molar-refractivity contribution >= 4 is 54.6 Å². The summed E-state index contributed by atoms with van der Waals surface area (Å²) in [6, 6.07) is 8.74. The predicted molar refractivity (Wildman–Crippen MR) is 140 cm³/mol. The van der Waals surface area contributed by atoms with Gasteiger partial charge < -0.3 is 15.3 Å². The minimum Gasteiger partial charge on any atom is -0.384 e. The van der Waals surface area contributed by atoms with Gasteiger partial charge >= 0.3 is 5.69 Å². The van der Waals surface area contributed by atoms with Gasteiger partial charge in [0, 0.05) is 35.1 Å². The van der Waals surface area contributed by atoms with Crippen LogP contribution in [0.5, 0.6) is 0 Å². The number of carbonyl (C=O) groups excluding carboxylic acids is 1. The molecule has 10 nitrogen and oxygen atoms in total. The van der Waals surface area contributed by atoms with Crippen molar-refractivity contribution < 1.29 is 13.2 Å². The van der Waals surface area contributed by atoms with Crippen LogP contribution < -0.4 is 17.0 Å². The second-order valence-electron chi connectivity index (χ2n) is 8.66. The molecule has 4 aromatic heterocycles. The molecule has 0 aliphatic heterocycles. The molecule has 0 aliphatic carbocycles. The number of ketones is 1. The third-order valence-corrected chi connectivity index (χ3v) is 7.33. The Labute approximate surface area is 208 Å². The van der Waals surface area contributed by atoms with Crippen LogP contribution in [0.3, 0.4) is 0 Å². The van der Waals surface area contributed by atoms with Gasteiger partial charge in [0.25, 0.3) is 5.56 Å². The van der Waals surface area contributed by atoms with Crippen LogP contribution >= 0.6 is 11.3 Å². The number of thiophene rings is 1. The van der Waals surface area contributed by atoms with E-state index in [2.05, 4.69) is 9.97 Å². The SMILES string of the molecule is Cc1ccc2c(c1)c(-n1c(=O)[nH]c3cscc3c1=O)c(C(=O)CS(C)(=O)=O)n2Cc1ccnc(N)c1. The average molecular weight is 524 g/mol. The number of benzene rings is 1. The van der Waals surface area contributed by atoms with Crippen LogP contribution in [0.4, 0.5) is 5.82 Å². The second kappa shape index (κ2) is 8.57. The first-order valence-electron chi connectivity index (χ1n) is 10.8. The van der Waals surface area contributed by atoms with Crippen LogP contribution in [-0.2, 0) is 16.4 Å². The van der Waals surface area contributed by atoms with Crippen molar-refractivity contribution in [3.63, 3.8) is 0 Å². The molecule has 0 radical (unpaired) electrons. The number of nitrogens with two attached hydrogens (primary N) is 1. The van der Waals surface area contributed by atoms with Gasteiger partial charge in [-0.05, 0) is 36.8 Å². The summed E-state index contributed by atoms with van der Waals surface area (Å²) in [5, 5.41) is 4.03. The van der Waals surface area contributed by atoms with Gasteiger partial charge in [0.1, 0.15) is 17.3 Å². The van der Waals surface area contributed by atoms with Crippen LogP contribution in [0, 0.1) is 6.92 Å². The van der Waals surface area contributed by atoms with Gasteiger partial charge in [-0.1, -0.05) is 11.6 Å². The van der Waals surface area contributed by atoms with Crippen molar-refractivity contribution in [3.8, 4) is 5.69 Å². The number of pyridine rings is 1. The zero-order valence-electron chi connectivity index (χ0n) is 19.3. The fraction of sp³-hybridized carbons (Fsp3) is 0.167. The number of fused-ring (bicyclic) bond motifs is 2. The number of anilines is 1. The molecule has 12 heteroatoms. The highest BCUT2D eigenvalue weighted by molar-refractivity contribution is 7.91. The number of aromatic amines is 1. The maximum absolute atomic E-state index is 13.6. The van der Waals surface area contributed by atoms with E-state index in [1.165, 1.54) is 17.5 Å². The molecule has 4 heterocycles. The Hall–Kier alpha value is -4.03. The Kier molecular flexibility index (Phi) is 5.64. The fourth-order valence-electron chi connectivity index (χ4n) is 4.35. The number of H-pyrrole nitrogens is 1. The number of hydrogen-bond donors (Lipinski definition) is 2. The summed E-state index contributed by atoms with van der Waals surface area (Å²) in [5.74, 6) is -1.25. The van der Waals surface area contributed by atoms with Crippen molar-refractivity contribution in [1.29, 1.82) is 0 Å². The average Bonchev–Trinajstić information content (AvgIpc) is 3.36. The summed E-state index contributed by atoms with van der Waals surface area (Å²) >= 11 is 1.26. The van der Waals surface area contributed by atoms with Gasteiger partial charge in [0.15, 0.2) is 15.6 Å². The van der Waals surface area contributed by atoms with E-state index in [4.69, 9.17) is 5.73 Å². The lowest BCUT2D eigenvalue weighted by molar-refractivity contribution is 0.101. The molecular formula is C24H21N5O5S2. The molecule has 184 valence electrons. The quantitative estimate of drug-likeness (QED) is 0.324. The number of aryl methyl sites for hydroxylation is 1. The first kappa shape index (κ1) is 23.7. The zero-order valence-corrected chi connectivity index (χ0v) is 20.9. The predicted octanol–water partition coefficient (Wildman–Crippen LogP) is 2.26. The van der Waals surface area contributed by atoms with Crippen molar-refractivity contribution in [2.75, 3.05) is 17.7 Å². The van der Waals surface area contributed by atoms with Gasteiger partial charge in [0.05, 0.1) is 22.1 Å². The molecule has 5 aromatic rings. The van der Waals surface area contributed by atoms with Gasteiger partial charge in [0.2, 0.25) is 0 Å². The molecule has 0 aliphatic rings. The molecule has 1 aromatic carbocycles. The Bertz CT molecular complexity index is 1910. The molecule has 0 saturated carbocycles. The summed E-state index contributed by atoms with van der Waals surface area (Å²) in [7, 11) is -3.72. The molecule has 5 rings (SSSR count).